The fourth-order valence-corrected chi connectivity index (χ4v) is 3.08. The van der Waals surface area contributed by atoms with Crippen molar-refractivity contribution >= 4 is 37.5 Å². The summed E-state index contributed by atoms with van der Waals surface area (Å²) < 4.78 is 4.29. The van der Waals surface area contributed by atoms with E-state index in [-0.39, 0.29) is 0 Å². The van der Waals surface area contributed by atoms with E-state index in [1.807, 2.05) is 33.4 Å². The third-order valence-electron chi connectivity index (χ3n) is 2.85. The summed E-state index contributed by atoms with van der Waals surface area (Å²) in [5, 5.41) is 1.36. The van der Waals surface area contributed by atoms with E-state index < -0.39 is 0 Å². The van der Waals surface area contributed by atoms with Gasteiger partial charge in [0.2, 0.25) is 0 Å². The van der Waals surface area contributed by atoms with Crippen LogP contribution in [0.4, 0.5) is 0 Å². The molecule has 0 atom stereocenters. The first kappa shape index (κ1) is 13.4. The van der Waals surface area contributed by atoms with Gasteiger partial charge in [-0.2, -0.15) is 0 Å². The quantitative estimate of drug-likeness (QED) is 0.562. The van der Waals surface area contributed by atoms with E-state index in [1.165, 1.54) is 0 Å². The average Bonchev–Trinajstić information content (AvgIpc) is 2.71. The Kier molecular flexibility index (Phi) is 3.64. The Morgan fingerprint density at radius 3 is 1.45 bits per heavy atom. The van der Waals surface area contributed by atoms with Crippen molar-refractivity contribution in [1.82, 2.24) is 19.1 Å². The van der Waals surface area contributed by atoms with Crippen molar-refractivity contribution in [2.24, 2.45) is 0 Å². The molecule has 7 heteroatoms. The van der Waals surface area contributed by atoms with Crippen LogP contribution in [0.25, 0.3) is 11.4 Å². The van der Waals surface area contributed by atoms with Crippen LogP contribution in [0, 0.1) is 4.77 Å². The minimum absolute atomic E-state index is 0.595. The van der Waals surface area contributed by atoms with E-state index in [2.05, 4.69) is 35.2 Å². The van der Waals surface area contributed by atoms with Gasteiger partial charge in [-0.3, -0.25) is 19.1 Å². The molecule has 3 heterocycles. The van der Waals surface area contributed by atoms with E-state index in [4.69, 9.17) is 12.2 Å². The summed E-state index contributed by atoms with van der Waals surface area (Å²) in [4.78, 5) is 8.02. The molecule has 0 fully saturated rings. The molecule has 0 aliphatic heterocycles. The maximum Gasteiger partial charge on any atom is 0.190 e. The van der Waals surface area contributed by atoms with Crippen LogP contribution in [-0.4, -0.2) is 19.1 Å². The van der Waals surface area contributed by atoms with Crippen molar-refractivity contribution in [2.45, 2.75) is 10.1 Å². The molecular formula is C13H10N4S3. The van der Waals surface area contributed by atoms with Gasteiger partial charge in [0, 0.05) is 24.8 Å². The Bertz CT molecular complexity index is 728. The summed E-state index contributed by atoms with van der Waals surface area (Å²) in [6.45, 7) is 0. The van der Waals surface area contributed by atoms with Crippen LogP contribution < -0.4 is 0 Å². The minimum atomic E-state index is 0.595. The van der Waals surface area contributed by atoms with Gasteiger partial charge in [-0.15, -0.1) is 25.3 Å². The van der Waals surface area contributed by atoms with Gasteiger partial charge in [-0.25, -0.2) is 0 Å². The molecule has 0 aliphatic rings. The second kappa shape index (κ2) is 5.43. The zero-order valence-corrected chi connectivity index (χ0v) is 12.8. The summed E-state index contributed by atoms with van der Waals surface area (Å²) in [5.41, 5.74) is 1.80. The maximum absolute atomic E-state index is 5.55. The number of nitrogens with zero attached hydrogens (tertiary/aromatic N) is 4. The van der Waals surface area contributed by atoms with Gasteiger partial charge in [0.05, 0.1) is 11.4 Å². The van der Waals surface area contributed by atoms with Crippen LogP contribution in [-0.2, 0) is 0 Å². The van der Waals surface area contributed by atoms with E-state index >= 15 is 0 Å². The van der Waals surface area contributed by atoms with Gasteiger partial charge in [0.15, 0.2) is 4.77 Å². The smallest absolute Gasteiger partial charge is 0.190 e. The number of aromatic nitrogens is 4. The van der Waals surface area contributed by atoms with Gasteiger partial charge in [-0.1, -0.05) is 0 Å². The van der Waals surface area contributed by atoms with Crippen LogP contribution in [0.3, 0.4) is 0 Å². The lowest BCUT2D eigenvalue weighted by molar-refractivity contribution is 0.908. The predicted octanol–water partition coefficient (Wildman–Crippen LogP) is 3.36. The number of imidazole rings is 1. The summed E-state index contributed by atoms with van der Waals surface area (Å²) in [5.74, 6) is 0. The fourth-order valence-electron chi connectivity index (χ4n) is 1.93. The number of hydrogen-bond donors (Lipinski definition) is 2. The Balaban J connectivity index is 2.29. The van der Waals surface area contributed by atoms with Crippen molar-refractivity contribution in [2.75, 3.05) is 0 Å². The largest absolute Gasteiger partial charge is 0.279 e. The molecule has 20 heavy (non-hydrogen) atoms. The van der Waals surface area contributed by atoms with Crippen LogP contribution in [0.1, 0.15) is 0 Å². The van der Waals surface area contributed by atoms with Gasteiger partial charge >= 0.3 is 0 Å². The first-order chi connectivity index (χ1) is 9.70. The molecule has 3 aromatic rings. The van der Waals surface area contributed by atoms with Crippen molar-refractivity contribution in [3.63, 3.8) is 0 Å². The molecule has 4 nitrogen and oxygen atoms in total. The van der Waals surface area contributed by atoms with Crippen LogP contribution in [0.15, 0.2) is 59.1 Å². The van der Waals surface area contributed by atoms with Gasteiger partial charge in [-0.05, 0) is 36.5 Å². The number of hydrogen-bond acceptors (Lipinski definition) is 5. The molecular weight excluding hydrogens is 308 g/mol. The van der Waals surface area contributed by atoms with Crippen molar-refractivity contribution < 1.29 is 0 Å². The molecule has 0 radical (unpaired) electrons. The lowest BCUT2D eigenvalue weighted by Gasteiger charge is -2.04. The lowest BCUT2D eigenvalue weighted by Crippen LogP contribution is -1.98. The Morgan fingerprint density at radius 1 is 0.750 bits per heavy atom. The average molecular weight is 318 g/mol. The van der Waals surface area contributed by atoms with Crippen molar-refractivity contribution in [3.8, 4) is 11.4 Å². The molecule has 3 rings (SSSR count). The first-order valence-electron chi connectivity index (χ1n) is 5.76. The highest BCUT2D eigenvalue weighted by Crippen LogP contribution is 2.27. The third kappa shape index (κ3) is 2.17. The number of thiol groups is 2. The molecule has 3 aromatic heterocycles. The van der Waals surface area contributed by atoms with Gasteiger partial charge < -0.3 is 0 Å². The fraction of sp³-hybridized carbons (Fsp3) is 0. The molecule has 0 unspecified atom stereocenters. The lowest BCUT2D eigenvalue weighted by atomic mass is 10.4. The molecule has 0 amide bonds. The predicted molar refractivity (Wildman–Crippen MR) is 86.0 cm³/mol. The summed E-state index contributed by atoms with van der Waals surface area (Å²) in [6, 6.07) is 7.50. The number of rotatable bonds is 2. The highest BCUT2D eigenvalue weighted by atomic mass is 32.1. The second-order valence-corrected chi connectivity index (χ2v) is 5.22. The monoisotopic (exact) mass is 318 g/mol. The Hall–Kier alpha value is -1.57. The standard InChI is InChI=1S/C13H10N4S3/c18-11-12(19)17(10-3-7-15-8-4-10)13(20)16(11)9-1-5-14-6-2-9/h1-8,18-19H. The van der Waals surface area contributed by atoms with E-state index in [1.54, 1.807) is 24.8 Å². The molecule has 0 aromatic carbocycles. The minimum Gasteiger partial charge on any atom is -0.279 e. The normalized spacial score (nSPS) is 10.7. The summed E-state index contributed by atoms with van der Waals surface area (Å²) >= 11 is 14.6. The van der Waals surface area contributed by atoms with E-state index in [0.29, 0.717) is 14.8 Å². The highest BCUT2D eigenvalue weighted by Gasteiger charge is 2.15. The van der Waals surface area contributed by atoms with Crippen LogP contribution in [0.5, 0.6) is 0 Å². The summed E-state index contributed by atoms with van der Waals surface area (Å²) in [7, 11) is 0. The van der Waals surface area contributed by atoms with Gasteiger partial charge in [0.1, 0.15) is 10.1 Å². The molecule has 100 valence electrons. The van der Waals surface area contributed by atoms with Gasteiger partial charge in [0.25, 0.3) is 0 Å². The first-order valence-corrected chi connectivity index (χ1v) is 7.07. The second-order valence-electron chi connectivity index (χ2n) is 4.01. The highest BCUT2D eigenvalue weighted by molar-refractivity contribution is 7.83. The molecule has 0 bridgehead atoms. The zero-order valence-electron chi connectivity index (χ0n) is 10.2. The van der Waals surface area contributed by atoms with Crippen molar-refractivity contribution in [3.05, 3.63) is 53.8 Å². The molecule has 0 saturated carbocycles. The maximum atomic E-state index is 5.55. The van der Waals surface area contributed by atoms with Crippen LogP contribution in [0.2, 0.25) is 0 Å². The zero-order chi connectivity index (χ0) is 14.1. The summed E-state index contributed by atoms with van der Waals surface area (Å²) in [6.07, 6.45) is 6.86. The van der Waals surface area contributed by atoms with E-state index in [9.17, 15) is 0 Å². The van der Waals surface area contributed by atoms with E-state index in [0.717, 1.165) is 11.4 Å². The SMILES string of the molecule is S=c1n(-c2ccncc2)c(S)c(S)n1-c1ccncc1. The number of pyridine rings is 2. The topological polar surface area (TPSA) is 35.6 Å². The Morgan fingerprint density at radius 2 is 1.10 bits per heavy atom. The van der Waals surface area contributed by atoms with Crippen LogP contribution >= 0.6 is 37.5 Å². The molecule has 0 N–H and O–H groups in total. The van der Waals surface area contributed by atoms with Crippen molar-refractivity contribution in [1.29, 1.82) is 0 Å². The third-order valence-corrected chi connectivity index (χ3v) is 4.21. The molecule has 0 saturated heterocycles. The molecule has 0 aliphatic carbocycles. The Labute approximate surface area is 132 Å². The molecule has 0 spiro atoms.